The molecule has 2 aliphatic rings. The van der Waals surface area contributed by atoms with Crippen LogP contribution in [0.25, 0.3) is 0 Å². The van der Waals surface area contributed by atoms with Gasteiger partial charge in [0.15, 0.2) is 0 Å². The minimum absolute atomic E-state index is 0.00256. The fourth-order valence-electron chi connectivity index (χ4n) is 3.81. The molecule has 7 heteroatoms. The quantitative estimate of drug-likeness (QED) is 0.714. The molecule has 1 aromatic rings. The second kappa shape index (κ2) is 8.97. The lowest BCUT2D eigenvalue weighted by Crippen LogP contribution is -2.45. The van der Waals surface area contributed by atoms with Crippen LogP contribution in [0.2, 0.25) is 0 Å². The van der Waals surface area contributed by atoms with Crippen molar-refractivity contribution in [3.63, 3.8) is 0 Å². The Morgan fingerprint density at radius 1 is 1.26 bits per heavy atom. The molecule has 0 N–H and O–H groups in total. The highest BCUT2D eigenvalue weighted by atomic mass is 16.2. The SMILES string of the molecule is C=CC(=O)N(CC)CC(=O)N1CCC(c2nccc(N3CCCC3)n2)CC1. The summed E-state index contributed by atoms with van der Waals surface area (Å²) in [4.78, 5) is 39.2. The first-order valence-corrected chi connectivity index (χ1v) is 9.89. The molecule has 2 fully saturated rings. The first-order chi connectivity index (χ1) is 13.1. The zero-order valence-corrected chi connectivity index (χ0v) is 16.1. The summed E-state index contributed by atoms with van der Waals surface area (Å²) in [5.74, 6) is 2.00. The predicted molar refractivity (Wildman–Crippen MR) is 104 cm³/mol. The van der Waals surface area contributed by atoms with Crippen LogP contribution in [0.4, 0.5) is 5.82 Å². The number of hydrogen-bond acceptors (Lipinski definition) is 5. The van der Waals surface area contributed by atoms with Crippen molar-refractivity contribution in [1.29, 1.82) is 0 Å². The van der Waals surface area contributed by atoms with Gasteiger partial charge in [0.05, 0.1) is 6.54 Å². The number of hydrogen-bond donors (Lipinski definition) is 0. The molecule has 3 heterocycles. The number of carbonyl (C=O) groups excluding carboxylic acids is 2. The van der Waals surface area contributed by atoms with Crippen molar-refractivity contribution < 1.29 is 9.59 Å². The summed E-state index contributed by atoms with van der Waals surface area (Å²) in [5, 5.41) is 0. The lowest BCUT2D eigenvalue weighted by atomic mass is 9.96. The standard InChI is InChI=1S/C20H29N5O2/c1-3-18(26)23(4-2)15-19(27)25-13-8-16(9-14-25)20-21-10-7-17(22-20)24-11-5-6-12-24/h3,7,10,16H,1,4-6,8-9,11-15H2,2H3. The molecule has 1 aromatic heterocycles. The maximum absolute atomic E-state index is 12.5. The average molecular weight is 371 g/mol. The van der Waals surface area contributed by atoms with E-state index >= 15 is 0 Å². The Labute approximate surface area is 161 Å². The molecule has 146 valence electrons. The van der Waals surface area contributed by atoms with Crippen LogP contribution in [0.3, 0.4) is 0 Å². The van der Waals surface area contributed by atoms with Gasteiger partial charge < -0.3 is 14.7 Å². The number of carbonyl (C=O) groups is 2. The predicted octanol–water partition coefficient (Wildman–Crippen LogP) is 1.82. The number of likely N-dealkylation sites (tertiary alicyclic amines) is 1. The van der Waals surface area contributed by atoms with Crippen molar-refractivity contribution in [1.82, 2.24) is 19.8 Å². The largest absolute Gasteiger partial charge is 0.357 e. The summed E-state index contributed by atoms with van der Waals surface area (Å²) in [6, 6.07) is 1.99. The maximum Gasteiger partial charge on any atom is 0.246 e. The van der Waals surface area contributed by atoms with E-state index in [4.69, 9.17) is 4.98 Å². The smallest absolute Gasteiger partial charge is 0.246 e. The first kappa shape index (κ1) is 19.3. The summed E-state index contributed by atoms with van der Waals surface area (Å²) in [7, 11) is 0. The second-order valence-corrected chi connectivity index (χ2v) is 7.18. The number of rotatable bonds is 6. The van der Waals surface area contributed by atoms with Gasteiger partial charge in [-0.1, -0.05) is 6.58 Å². The Hall–Kier alpha value is -2.44. The normalized spacial score (nSPS) is 17.8. The van der Waals surface area contributed by atoms with E-state index in [1.54, 1.807) is 0 Å². The minimum Gasteiger partial charge on any atom is -0.357 e. The number of aromatic nitrogens is 2. The van der Waals surface area contributed by atoms with Gasteiger partial charge in [-0.25, -0.2) is 9.97 Å². The average Bonchev–Trinajstić information content (AvgIpc) is 3.26. The molecule has 7 nitrogen and oxygen atoms in total. The van der Waals surface area contributed by atoms with E-state index in [9.17, 15) is 9.59 Å². The third kappa shape index (κ3) is 4.64. The van der Waals surface area contributed by atoms with Gasteiger partial charge in [-0.15, -0.1) is 0 Å². The van der Waals surface area contributed by atoms with Crippen LogP contribution < -0.4 is 4.90 Å². The zero-order valence-electron chi connectivity index (χ0n) is 16.1. The Bertz CT molecular complexity index is 679. The number of nitrogens with zero attached hydrogens (tertiary/aromatic N) is 5. The van der Waals surface area contributed by atoms with Crippen molar-refractivity contribution in [2.45, 2.75) is 38.5 Å². The van der Waals surface area contributed by atoms with Crippen LogP contribution in [0.1, 0.15) is 44.3 Å². The molecule has 2 amide bonds. The van der Waals surface area contributed by atoms with E-state index in [0.717, 1.165) is 37.6 Å². The fourth-order valence-corrected chi connectivity index (χ4v) is 3.81. The van der Waals surface area contributed by atoms with Gasteiger partial charge in [-0.05, 0) is 44.7 Å². The van der Waals surface area contributed by atoms with Crippen molar-refractivity contribution in [3.05, 3.63) is 30.7 Å². The Kier molecular flexibility index (Phi) is 6.42. The van der Waals surface area contributed by atoms with E-state index in [2.05, 4.69) is 16.5 Å². The van der Waals surface area contributed by atoms with Crippen molar-refractivity contribution in [3.8, 4) is 0 Å². The van der Waals surface area contributed by atoms with Crippen LogP contribution in [0.15, 0.2) is 24.9 Å². The van der Waals surface area contributed by atoms with E-state index in [1.165, 1.54) is 23.8 Å². The van der Waals surface area contributed by atoms with E-state index in [0.29, 0.717) is 19.6 Å². The summed E-state index contributed by atoms with van der Waals surface area (Å²) in [6.45, 7) is 9.49. The van der Waals surface area contributed by atoms with Gasteiger partial charge in [-0.2, -0.15) is 0 Å². The molecule has 3 rings (SSSR count). The Morgan fingerprint density at radius 3 is 2.59 bits per heavy atom. The van der Waals surface area contributed by atoms with Gasteiger partial charge in [0, 0.05) is 44.8 Å². The fraction of sp³-hybridized carbons (Fsp3) is 0.600. The molecule has 0 aromatic carbocycles. The van der Waals surface area contributed by atoms with Crippen LogP contribution >= 0.6 is 0 Å². The molecule has 2 aliphatic heterocycles. The third-order valence-electron chi connectivity index (χ3n) is 5.50. The van der Waals surface area contributed by atoms with Gasteiger partial charge in [0.25, 0.3) is 0 Å². The third-order valence-corrected chi connectivity index (χ3v) is 5.50. The molecule has 0 bridgehead atoms. The monoisotopic (exact) mass is 371 g/mol. The Morgan fingerprint density at radius 2 is 1.96 bits per heavy atom. The number of piperidine rings is 1. The molecule has 0 atom stereocenters. The molecule has 0 unspecified atom stereocenters. The summed E-state index contributed by atoms with van der Waals surface area (Å²) in [5.41, 5.74) is 0. The number of anilines is 1. The highest BCUT2D eigenvalue weighted by Gasteiger charge is 2.27. The Balaban J connectivity index is 1.55. The molecular weight excluding hydrogens is 342 g/mol. The molecule has 27 heavy (non-hydrogen) atoms. The maximum atomic E-state index is 12.5. The van der Waals surface area contributed by atoms with Gasteiger partial charge in [0.2, 0.25) is 11.8 Å². The topological polar surface area (TPSA) is 69.6 Å². The van der Waals surface area contributed by atoms with Crippen molar-refractivity contribution >= 4 is 17.6 Å². The number of likely N-dealkylation sites (N-methyl/N-ethyl adjacent to an activating group) is 1. The van der Waals surface area contributed by atoms with Crippen LogP contribution in [-0.2, 0) is 9.59 Å². The summed E-state index contributed by atoms with van der Waals surface area (Å²) < 4.78 is 0. The van der Waals surface area contributed by atoms with E-state index in [1.807, 2.05) is 24.1 Å². The second-order valence-electron chi connectivity index (χ2n) is 7.18. The highest BCUT2D eigenvalue weighted by Crippen LogP contribution is 2.27. The highest BCUT2D eigenvalue weighted by molar-refractivity contribution is 5.90. The minimum atomic E-state index is -0.201. The van der Waals surface area contributed by atoms with Gasteiger partial charge in [0.1, 0.15) is 11.6 Å². The molecule has 0 saturated carbocycles. The first-order valence-electron chi connectivity index (χ1n) is 9.89. The summed E-state index contributed by atoms with van der Waals surface area (Å²) in [6.07, 6.45) is 7.28. The van der Waals surface area contributed by atoms with Crippen molar-refractivity contribution in [2.24, 2.45) is 0 Å². The van der Waals surface area contributed by atoms with Crippen LogP contribution in [-0.4, -0.2) is 70.9 Å². The van der Waals surface area contributed by atoms with Gasteiger partial charge in [-0.3, -0.25) is 9.59 Å². The van der Waals surface area contributed by atoms with Crippen molar-refractivity contribution in [2.75, 3.05) is 44.2 Å². The molecule has 2 saturated heterocycles. The van der Waals surface area contributed by atoms with E-state index in [-0.39, 0.29) is 24.3 Å². The summed E-state index contributed by atoms with van der Waals surface area (Å²) >= 11 is 0. The molecular formula is C20H29N5O2. The molecule has 0 aliphatic carbocycles. The van der Waals surface area contributed by atoms with Crippen LogP contribution in [0.5, 0.6) is 0 Å². The lowest BCUT2D eigenvalue weighted by molar-refractivity contribution is -0.138. The number of amides is 2. The van der Waals surface area contributed by atoms with E-state index < -0.39 is 0 Å². The van der Waals surface area contributed by atoms with Crippen LogP contribution in [0, 0.1) is 0 Å². The molecule has 0 radical (unpaired) electrons. The van der Waals surface area contributed by atoms with Gasteiger partial charge >= 0.3 is 0 Å². The molecule has 0 spiro atoms. The zero-order chi connectivity index (χ0) is 19.2. The lowest BCUT2D eigenvalue weighted by Gasteiger charge is -2.33.